The Hall–Kier alpha value is -2.50. The smallest absolute Gasteiger partial charge is 0.318 e. The first-order valence-electron chi connectivity index (χ1n) is 8.49. The minimum Gasteiger partial charge on any atom is -0.365 e. The van der Waals surface area contributed by atoms with Gasteiger partial charge in [0.15, 0.2) is 0 Å². The van der Waals surface area contributed by atoms with Gasteiger partial charge in [0.25, 0.3) is 0 Å². The summed E-state index contributed by atoms with van der Waals surface area (Å²) in [4.78, 5) is 18.4. The van der Waals surface area contributed by atoms with Gasteiger partial charge in [-0.25, -0.2) is 9.78 Å². The minimum atomic E-state index is -0.202. The Morgan fingerprint density at radius 2 is 2.29 bits per heavy atom. The number of benzene rings is 1. The molecule has 1 aliphatic heterocycles. The van der Waals surface area contributed by atoms with Gasteiger partial charge in [0.05, 0.1) is 18.6 Å². The molecule has 2 amide bonds. The van der Waals surface area contributed by atoms with E-state index >= 15 is 0 Å². The average Bonchev–Trinajstić information content (AvgIpc) is 3.22. The zero-order valence-electron chi connectivity index (χ0n) is 14.5. The lowest BCUT2D eigenvalue weighted by Crippen LogP contribution is -2.24. The van der Waals surface area contributed by atoms with E-state index in [0.29, 0.717) is 6.04 Å². The molecule has 24 heavy (non-hydrogen) atoms. The van der Waals surface area contributed by atoms with Crippen LogP contribution in [-0.2, 0) is 13.0 Å². The highest BCUT2D eigenvalue weighted by Gasteiger charge is 2.20. The fourth-order valence-corrected chi connectivity index (χ4v) is 2.99. The maximum absolute atomic E-state index is 11.5. The summed E-state index contributed by atoms with van der Waals surface area (Å²) >= 11 is 0. The van der Waals surface area contributed by atoms with Crippen LogP contribution in [0.15, 0.2) is 30.7 Å². The number of carbonyl (C=O) groups excluding carboxylic acids is 1. The van der Waals surface area contributed by atoms with Crippen LogP contribution in [0.2, 0.25) is 0 Å². The van der Waals surface area contributed by atoms with Crippen molar-refractivity contribution in [1.29, 1.82) is 0 Å². The molecule has 2 aromatic rings. The number of carbonyl (C=O) groups is 1. The number of anilines is 2. The first-order chi connectivity index (χ1) is 11.6. The van der Waals surface area contributed by atoms with E-state index in [0.717, 1.165) is 37.3 Å². The fraction of sp³-hybridized carbons (Fsp3) is 0.444. The molecule has 0 radical (unpaired) electrons. The van der Waals surface area contributed by atoms with Crippen molar-refractivity contribution < 1.29 is 7.65 Å². The Morgan fingerprint density at radius 1 is 1.46 bits per heavy atom. The molecular formula is C18H29N5O. The van der Waals surface area contributed by atoms with Crippen molar-refractivity contribution in [3.05, 3.63) is 42.0 Å². The van der Waals surface area contributed by atoms with Crippen molar-refractivity contribution in [3.63, 3.8) is 0 Å². The predicted molar refractivity (Wildman–Crippen MR) is 101 cm³/mol. The van der Waals surface area contributed by atoms with E-state index in [4.69, 9.17) is 0 Å². The summed E-state index contributed by atoms with van der Waals surface area (Å²) in [5.74, 6) is 0. The number of nitrogens with one attached hydrogen (secondary N) is 2. The van der Waals surface area contributed by atoms with Crippen LogP contribution in [-0.4, -0.2) is 29.2 Å². The second-order valence-corrected chi connectivity index (χ2v) is 6.29. The summed E-state index contributed by atoms with van der Waals surface area (Å²) < 4.78 is 2.18. The second kappa shape index (κ2) is 6.95. The topological polar surface area (TPSA) is 62.2 Å². The number of imidazole rings is 1. The lowest BCUT2D eigenvalue weighted by atomic mass is 10.1. The van der Waals surface area contributed by atoms with Crippen LogP contribution in [0.3, 0.4) is 0 Å². The molecule has 3 rings (SSSR count). The highest BCUT2D eigenvalue weighted by molar-refractivity contribution is 5.90. The van der Waals surface area contributed by atoms with Crippen LogP contribution in [0.25, 0.3) is 0 Å². The number of aromatic nitrogens is 2. The number of fused-ring (bicyclic) bond motifs is 1. The highest BCUT2D eigenvalue weighted by Crippen LogP contribution is 2.32. The SMILES string of the molecule is CC[C@H](C)n1cnc(CN2CCc3ccc(NC(=O)NC)cc32)c1.[HH].[HH]. The third-order valence-electron chi connectivity index (χ3n) is 4.67. The molecule has 0 saturated carbocycles. The van der Waals surface area contributed by atoms with Crippen LogP contribution >= 0.6 is 0 Å². The molecule has 6 heteroatoms. The zero-order valence-corrected chi connectivity index (χ0v) is 14.5. The van der Waals surface area contributed by atoms with Crippen molar-refractivity contribution in [2.24, 2.45) is 0 Å². The van der Waals surface area contributed by atoms with Crippen molar-refractivity contribution in [2.75, 3.05) is 23.8 Å². The Balaban J connectivity index is 0.00000169. The van der Waals surface area contributed by atoms with Gasteiger partial charge in [-0.05, 0) is 37.5 Å². The van der Waals surface area contributed by atoms with Crippen molar-refractivity contribution in [2.45, 2.75) is 39.3 Å². The van der Waals surface area contributed by atoms with E-state index in [1.165, 1.54) is 11.3 Å². The molecule has 6 nitrogen and oxygen atoms in total. The number of nitrogens with zero attached hydrogens (tertiary/aromatic N) is 3. The standard InChI is InChI=1S/C18H25N5O.2H2/c1-4-13(2)23-11-16(20-12-23)10-22-8-7-14-5-6-15(9-17(14)22)21-18(24)19-3;;/h5-6,9,11-13H,4,7-8,10H2,1-3H3,(H2,19,21,24);2*1H/t13-;;/m0../s1. The molecule has 0 unspecified atom stereocenters. The van der Waals surface area contributed by atoms with Gasteiger partial charge < -0.3 is 20.1 Å². The molecule has 1 aromatic heterocycles. The molecule has 0 saturated heterocycles. The van der Waals surface area contributed by atoms with Gasteiger partial charge in [0.1, 0.15) is 0 Å². The summed E-state index contributed by atoms with van der Waals surface area (Å²) in [7, 11) is 1.61. The van der Waals surface area contributed by atoms with Gasteiger partial charge in [-0.15, -0.1) is 0 Å². The number of amides is 2. The molecule has 1 aromatic carbocycles. The first kappa shape index (κ1) is 16.4. The lowest BCUT2D eigenvalue weighted by Gasteiger charge is -2.19. The van der Waals surface area contributed by atoms with Gasteiger partial charge >= 0.3 is 6.03 Å². The maximum atomic E-state index is 11.5. The monoisotopic (exact) mass is 331 g/mol. The number of hydrogen-bond donors (Lipinski definition) is 2. The molecule has 0 aliphatic carbocycles. The Morgan fingerprint density at radius 3 is 3.04 bits per heavy atom. The maximum Gasteiger partial charge on any atom is 0.318 e. The van der Waals surface area contributed by atoms with E-state index in [9.17, 15) is 4.79 Å². The summed E-state index contributed by atoms with van der Waals surface area (Å²) in [5.41, 5.74) is 4.39. The largest absolute Gasteiger partial charge is 0.365 e. The molecule has 0 fully saturated rings. The molecule has 0 spiro atoms. The van der Waals surface area contributed by atoms with Gasteiger partial charge in [0, 0.05) is 40.1 Å². The van der Waals surface area contributed by atoms with Gasteiger partial charge in [-0.2, -0.15) is 0 Å². The minimum absolute atomic E-state index is 0. The summed E-state index contributed by atoms with van der Waals surface area (Å²) in [6.45, 7) is 6.16. The molecule has 1 aliphatic rings. The van der Waals surface area contributed by atoms with Crippen LogP contribution in [0.1, 0.15) is 40.4 Å². The van der Waals surface area contributed by atoms with Crippen LogP contribution in [0.4, 0.5) is 16.2 Å². The fourth-order valence-electron chi connectivity index (χ4n) is 2.99. The highest BCUT2D eigenvalue weighted by atomic mass is 16.2. The van der Waals surface area contributed by atoms with Crippen LogP contribution < -0.4 is 15.5 Å². The van der Waals surface area contributed by atoms with Gasteiger partial charge in [-0.3, -0.25) is 0 Å². The third-order valence-corrected chi connectivity index (χ3v) is 4.67. The quantitative estimate of drug-likeness (QED) is 0.879. The second-order valence-electron chi connectivity index (χ2n) is 6.29. The molecule has 1 atom stereocenters. The summed E-state index contributed by atoms with van der Waals surface area (Å²) in [6.07, 6.45) is 6.18. The van der Waals surface area contributed by atoms with E-state index in [1.807, 2.05) is 18.5 Å². The van der Waals surface area contributed by atoms with E-state index < -0.39 is 0 Å². The molecular weight excluding hydrogens is 302 g/mol. The predicted octanol–water partition coefficient (Wildman–Crippen LogP) is 3.66. The average molecular weight is 331 g/mol. The number of rotatable bonds is 5. The lowest BCUT2D eigenvalue weighted by molar-refractivity contribution is 0.254. The van der Waals surface area contributed by atoms with E-state index in [-0.39, 0.29) is 8.88 Å². The van der Waals surface area contributed by atoms with Crippen molar-refractivity contribution in [3.8, 4) is 0 Å². The molecule has 0 bridgehead atoms. The van der Waals surface area contributed by atoms with Crippen LogP contribution in [0, 0.1) is 0 Å². The van der Waals surface area contributed by atoms with Gasteiger partial charge in [-0.1, -0.05) is 13.0 Å². The molecule has 132 valence electrons. The zero-order chi connectivity index (χ0) is 17.1. The summed E-state index contributed by atoms with van der Waals surface area (Å²) in [6, 6.07) is 6.36. The third kappa shape index (κ3) is 3.37. The summed E-state index contributed by atoms with van der Waals surface area (Å²) in [5, 5.41) is 5.41. The first-order valence-corrected chi connectivity index (χ1v) is 8.49. The Bertz CT molecular complexity index is 734. The number of urea groups is 1. The Kier molecular flexibility index (Phi) is 4.74. The van der Waals surface area contributed by atoms with Crippen LogP contribution in [0.5, 0.6) is 0 Å². The normalized spacial score (nSPS) is 14.4. The Labute approximate surface area is 145 Å². The van der Waals surface area contributed by atoms with Crippen molar-refractivity contribution in [1.82, 2.24) is 14.9 Å². The van der Waals surface area contributed by atoms with Crippen molar-refractivity contribution >= 4 is 17.4 Å². The van der Waals surface area contributed by atoms with E-state index in [1.54, 1.807) is 7.05 Å². The van der Waals surface area contributed by atoms with E-state index in [2.05, 4.69) is 51.2 Å². The molecule has 2 heterocycles. The molecule has 2 N–H and O–H groups in total. The number of hydrogen-bond acceptors (Lipinski definition) is 3. The van der Waals surface area contributed by atoms with Gasteiger partial charge in [0.2, 0.25) is 0 Å².